The summed E-state index contributed by atoms with van der Waals surface area (Å²) in [6.45, 7) is 1.47. The summed E-state index contributed by atoms with van der Waals surface area (Å²) in [5.41, 5.74) is 1.84. The molecule has 0 fully saturated rings. The highest BCUT2D eigenvalue weighted by molar-refractivity contribution is 5.96. The van der Waals surface area contributed by atoms with Crippen LogP contribution in [-0.4, -0.2) is 25.6 Å². The lowest BCUT2D eigenvalue weighted by molar-refractivity contribution is -0.119. The SMILES string of the molecule is COc1cccc(NC(=O)COC(=O)c2ccccc2C)c1. The van der Waals surface area contributed by atoms with Gasteiger partial charge in [0.1, 0.15) is 5.75 Å². The third-order valence-corrected chi connectivity index (χ3v) is 3.05. The van der Waals surface area contributed by atoms with Crippen LogP contribution in [-0.2, 0) is 9.53 Å². The number of esters is 1. The molecule has 2 rings (SSSR count). The number of methoxy groups -OCH3 is 1. The Hall–Kier alpha value is -2.82. The van der Waals surface area contributed by atoms with Gasteiger partial charge in [0.2, 0.25) is 0 Å². The van der Waals surface area contributed by atoms with E-state index in [1.54, 1.807) is 43.5 Å². The molecule has 114 valence electrons. The van der Waals surface area contributed by atoms with Gasteiger partial charge in [0.05, 0.1) is 12.7 Å². The van der Waals surface area contributed by atoms with E-state index < -0.39 is 11.9 Å². The summed E-state index contributed by atoms with van der Waals surface area (Å²) < 4.78 is 10.1. The molecule has 0 atom stereocenters. The summed E-state index contributed by atoms with van der Waals surface area (Å²) in [4.78, 5) is 23.7. The molecule has 22 heavy (non-hydrogen) atoms. The first kappa shape index (κ1) is 15.6. The Bertz CT molecular complexity index is 682. The summed E-state index contributed by atoms with van der Waals surface area (Å²) in [5.74, 6) is -0.288. The molecule has 1 amide bonds. The maximum Gasteiger partial charge on any atom is 0.338 e. The zero-order valence-electron chi connectivity index (χ0n) is 12.5. The molecule has 0 aliphatic heterocycles. The molecule has 1 N–H and O–H groups in total. The fourth-order valence-corrected chi connectivity index (χ4v) is 1.91. The molecule has 0 aromatic heterocycles. The number of amides is 1. The average Bonchev–Trinajstić information content (AvgIpc) is 2.53. The summed E-state index contributed by atoms with van der Waals surface area (Å²) in [6.07, 6.45) is 0. The molecule has 0 saturated carbocycles. The first-order valence-electron chi connectivity index (χ1n) is 6.77. The van der Waals surface area contributed by atoms with E-state index in [2.05, 4.69) is 5.32 Å². The highest BCUT2D eigenvalue weighted by Crippen LogP contribution is 2.16. The third-order valence-electron chi connectivity index (χ3n) is 3.05. The Balaban J connectivity index is 1.90. The smallest absolute Gasteiger partial charge is 0.338 e. The molecule has 0 unspecified atom stereocenters. The van der Waals surface area contributed by atoms with Crippen LogP contribution in [0, 0.1) is 6.92 Å². The molecule has 0 aliphatic carbocycles. The van der Waals surface area contributed by atoms with Gasteiger partial charge in [-0.3, -0.25) is 4.79 Å². The molecule has 0 spiro atoms. The largest absolute Gasteiger partial charge is 0.497 e. The zero-order chi connectivity index (χ0) is 15.9. The van der Waals surface area contributed by atoms with Crippen LogP contribution >= 0.6 is 0 Å². The van der Waals surface area contributed by atoms with Crippen molar-refractivity contribution in [3.8, 4) is 5.75 Å². The Labute approximate surface area is 128 Å². The van der Waals surface area contributed by atoms with E-state index in [1.807, 2.05) is 19.1 Å². The first-order valence-corrected chi connectivity index (χ1v) is 6.77. The van der Waals surface area contributed by atoms with Crippen molar-refractivity contribution in [2.75, 3.05) is 19.0 Å². The molecule has 2 aromatic carbocycles. The van der Waals surface area contributed by atoms with Gasteiger partial charge in [-0.1, -0.05) is 24.3 Å². The molecule has 0 heterocycles. The quantitative estimate of drug-likeness (QED) is 0.862. The van der Waals surface area contributed by atoms with Crippen LogP contribution in [0.2, 0.25) is 0 Å². The number of nitrogens with one attached hydrogen (secondary N) is 1. The van der Waals surface area contributed by atoms with Crippen molar-refractivity contribution >= 4 is 17.6 Å². The highest BCUT2D eigenvalue weighted by atomic mass is 16.5. The maximum absolute atomic E-state index is 11.9. The predicted octanol–water partition coefficient (Wildman–Crippen LogP) is 2.80. The van der Waals surface area contributed by atoms with Crippen LogP contribution in [0.5, 0.6) is 5.75 Å². The van der Waals surface area contributed by atoms with Crippen LogP contribution < -0.4 is 10.1 Å². The van der Waals surface area contributed by atoms with E-state index in [0.717, 1.165) is 5.56 Å². The maximum atomic E-state index is 11.9. The van der Waals surface area contributed by atoms with Gasteiger partial charge in [-0.05, 0) is 30.7 Å². The Morgan fingerprint density at radius 2 is 1.86 bits per heavy atom. The van der Waals surface area contributed by atoms with E-state index >= 15 is 0 Å². The van der Waals surface area contributed by atoms with Crippen LogP contribution in [0.1, 0.15) is 15.9 Å². The van der Waals surface area contributed by atoms with Gasteiger partial charge in [0.25, 0.3) is 5.91 Å². The van der Waals surface area contributed by atoms with Crippen LogP contribution in [0.15, 0.2) is 48.5 Å². The van der Waals surface area contributed by atoms with E-state index in [1.165, 1.54) is 0 Å². The second kappa shape index (κ2) is 7.26. The second-order valence-electron chi connectivity index (χ2n) is 4.67. The number of anilines is 1. The van der Waals surface area contributed by atoms with Crippen LogP contribution in [0.3, 0.4) is 0 Å². The Morgan fingerprint density at radius 3 is 2.59 bits per heavy atom. The van der Waals surface area contributed by atoms with Crippen molar-refractivity contribution in [2.45, 2.75) is 6.92 Å². The van der Waals surface area contributed by atoms with Gasteiger partial charge in [-0.15, -0.1) is 0 Å². The molecule has 5 nitrogen and oxygen atoms in total. The third kappa shape index (κ3) is 4.09. The van der Waals surface area contributed by atoms with Crippen molar-refractivity contribution in [1.82, 2.24) is 0 Å². The Kier molecular flexibility index (Phi) is 5.14. The molecule has 5 heteroatoms. The number of carbonyl (C=O) groups is 2. The normalized spacial score (nSPS) is 9.91. The Morgan fingerprint density at radius 1 is 1.09 bits per heavy atom. The molecule has 0 saturated heterocycles. The number of aryl methyl sites for hydroxylation is 1. The van der Waals surface area contributed by atoms with Crippen molar-refractivity contribution < 1.29 is 19.1 Å². The van der Waals surface area contributed by atoms with Gasteiger partial charge in [0, 0.05) is 11.8 Å². The number of hydrogen-bond acceptors (Lipinski definition) is 4. The number of hydrogen-bond donors (Lipinski definition) is 1. The molecule has 0 radical (unpaired) electrons. The average molecular weight is 299 g/mol. The van der Waals surface area contributed by atoms with Crippen LogP contribution in [0.25, 0.3) is 0 Å². The number of ether oxygens (including phenoxy) is 2. The van der Waals surface area contributed by atoms with Crippen LogP contribution in [0.4, 0.5) is 5.69 Å². The minimum absolute atomic E-state index is 0.343. The van der Waals surface area contributed by atoms with Crippen molar-refractivity contribution in [3.63, 3.8) is 0 Å². The number of benzene rings is 2. The van der Waals surface area contributed by atoms with E-state index in [4.69, 9.17) is 9.47 Å². The fourth-order valence-electron chi connectivity index (χ4n) is 1.91. The van der Waals surface area contributed by atoms with Gasteiger partial charge in [0.15, 0.2) is 6.61 Å². The summed E-state index contributed by atoms with van der Waals surface area (Å²) in [7, 11) is 1.55. The standard InChI is InChI=1S/C17H17NO4/c1-12-6-3-4-9-15(12)17(20)22-11-16(19)18-13-7-5-8-14(10-13)21-2/h3-10H,11H2,1-2H3,(H,18,19). The minimum atomic E-state index is -0.515. The van der Waals surface area contributed by atoms with Gasteiger partial charge in [-0.25, -0.2) is 4.79 Å². The fraction of sp³-hybridized carbons (Fsp3) is 0.176. The highest BCUT2D eigenvalue weighted by Gasteiger charge is 2.12. The molecular formula is C17H17NO4. The van der Waals surface area contributed by atoms with Gasteiger partial charge >= 0.3 is 5.97 Å². The van der Waals surface area contributed by atoms with E-state index in [-0.39, 0.29) is 6.61 Å². The molecule has 0 bridgehead atoms. The van der Waals surface area contributed by atoms with Crippen molar-refractivity contribution in [3.05, 3.63) is 59.7 Å². The zero-order valence-corrected chi connectivity index (χ0v) is 12.5. The van der Waals surface area contributed by atoms with Gasteiger partial charge < -0.3 is 14.8 Å². The van der Waals surface area contributed by atoms with E-state index in [0.29, 0.717) is 17.0 Å². The second-order valence-corrected chi connectivity index (χ2v) is 4.67. The minimum Gasteiger partial charge on any atom is -0.497 e. The summed E-state index contributed by atoms with van der Waals surface area (Å²) in [5, 5.41) is 2.64. The topological polar surface area (TPSA) is 64.6 Å². The molecule has 0 aliphatic rings. The lowest BCUT2D eigenvalue weighted by Crippen LogP contribution is -2.21. The molecule has 2 aromatic rings. The first-order chi connectivity index (χ1) is 10.6. The monoisotopic (exact) mass is 299 g/mol. The predicted molar refractivity (Wildman–Crippen MR) is 83.1 cm³/mol. The lowest BCUT2D eigenvalue weighted by Gasteiger charge is -2.08. The number of carbonyl (C=O) groups excluding carboxylic acids is 2. The van der Waals surface area contributed by atoms with Crippen molar-refractivity contribution in [2.24, 2.45) is 0 Å². The molecular weight excluding hydrogens is 282 g/mol. The van der Waals surface area contributed by atoms with E-state index in [9.17, 15) is 9.59 Å². The van der Waals surface area contributed by atoms with Gasteiger partial charge in [-0.2, -0.15) is 0 Å². The number of rotatable bonds is 5. The summed E-state index contributed by atoms with van der Waals surface area (Å²) >= 11 is 0. The summed E-state index contributed by atoms with van der Waals surface area (Å²) in [6, 6.07) is 14.0. The lowest BCUT2D eigenvalue weighted by atomic mass is 10.1. The van der Waals surface area contributed by atoms with Crippen molar-refractivity contribution in [1.29, 1.82) is 0 Å².